The first-order chi connectivity index (χ1) is 7.70. The molecule has 0 spiro atoms. The van der Waals surface area contributed by atoms with Gasteiger partial charge in [-0.3, -0.25) is 0 Å². The third-order valence-corrected chi connectivity index (χ3v) is 2.94. The molecule has 0 aliphatic carbocycles. The highest BCUT2D eigenvalue weighted by molar-refractivity contribution is 5.49. The lowest BCUT2D eigenvalue weighted by Gasteiger charge is -2.12. The maximum atomic E-state index is 9.85. The Kier molecular flexibility index (Phi) is 5.17. The van der Waals surface area contributed by atoms with E-state index in [-0.39, 0.29) is 11.5 Å². The Balaban J connectivity index is 2.91. The summed E-state index contributed by atoms with van der Waals surface area (Å²) in [4.78, 5) is 0. The SMILES string of the molecule is CCCCc1ccc(O)c(O)c1CCCC. The normalized spacial score (nSPS) is 10.6. The first kappa shape index (κ1) is 12.9. The van der Waals surface area contributed by atoms with E-state index < -0.39 is 0 Å². The minimum Gasteiger partial charge on any atom is -0.504 e. The predicted molar refractivity (Wildman–Crippen MR) is 67.0 cm³/mol. The molecule has 0 aliphatic rings. The molecule has 0 saturated carbocycles. The van der Waals surface area contributed by atoms with Gasteiger partial charge in [-0.1, -0.05) is 32.8 Å². The van der Waals surface area contributed by atoms with Crippen LogP contribution in [0.15, 0.2) is 12.1 Å². The lowest BCUT2D eigenvalue weighted by atomic mass is 9.96. The third-order valence-electron chi connectivity index (χ3n) is 2.94. The summed E-state index contributed by atoms with van der Waals surface area (Å²) in [5.74, 6) is 0.0911. The molecule has 2 N–H and O–H groups in total. The Morgan fingerprint density at radius 1 is 0.938 bits per heavy atom. The number of phenols is 2. The molecule has 0 unspecified atom stereocenters. The highest BCUT2D eigenvalue weighted by atomic mass is 16.3. The van der Waals surface area contributed by atoms with E-state index in [4.69, 9.17) is 0 Å². The van der Waals surface area contributed by atoms with Crippen LogP contribution in [-0.4, -0.2) is 10.2 Å². The summed E-state index contributed by atoms with van der Waals surface area (Å²) >= 11 is 0. The fourth-order valence-electron chi connectivity index (χ4n) is 1.90. The van der Waals surface area contributed by atoms with Crippen molar-refractivity contribution in [3.8, 4) is 11.5 Å². The van der Waals surface area contributed by atoms with Gasteiger partial charge in [0.15, 0.2) is 11.5 Å². The summed E-state index contributed by atoms with van der Waals surface area (Å²) in [6.07, 6.45) is 6.27. The molecule has 2 nitrogen and oxygen atoms in total. The molecule has 0 aromatic heterocycles. The quantitative estimate of drug-likeness (QED) is 0.719. The minimum atomic E-state index is 0.00588. The van der Waals surface area contributed by atoms with Crippen molar-refractivity contribution in [3.05, 3.63) is 23.3 Å². The Bertz CT molecular complexity index is 332. The van der Waals surface area contributed by atoms with Crippen molar-refractivity contribution in [2.45, 2.75) is 52.4 Å². The van der Waals surface area contributed by atoms with Gasteiger partial charge in [0, 0.05) is 5.56 Å². The van der Waals surface area contributed by atoms with E-state index in [9.17, 15) is 10.2 Å². The molecule has 0 saturated heterocycles. The zero-order valence-electron chi connectivity index (χ0n) is 10.3. The molecule has 0 heterocycles. The van der Waals surface area contributed by atoms with Crippen molar-refractivity contribution in [2.24, 2.45) is 0 Å². The number of benzene rings is 1. The molecule has 1 aromatic carbocycles. The van der Waals surface area contributed by atoms with Crippen LogP contribution >= 0.6 is 0 Å². The topological polar surface area (TPSA) is 40.5 Å². The number of aromatic hydroxyl groups is 2. The van der Waals surface area contributed by atoms with E-state index in [1.54, 1.807) is 6.07 Å². The zero-order chi connectivity index (χ0) is 12.0. The van der Waals surface area contributed by atoms with E-state index >= 15 is 0 Å². The average molecular weight is 222 g/mol. The number of phenolic OH excluding ortho intramolecular Hbond substituents is 2. The summed E-state index contributed by atoms with van der Waals surface area (Å²) in [5, 5.41) is 19.4. The summed E-state index contributed by atoms with van der Waals surface area (Å²) in [5.41, 5.74) is 2.13. The fraction of sp³-hybridized carbons (Fsp3) is 0.571. The second-order valence-electron chi connectivity index (χ2n) is 4.28. The van der Waals surface area contributed by atoms with Crippen LogP contribution in [0.5, 0.6) is 11.5 Å². The molecule has 0 amide bonds. The van der Waals surface area contributed by atoms with Crippen molar-refractivity contribution in [3.63, 3.8) is 0 Å². The first-order valence-corrected chi connectivity index (χ1v) is 6.23. The summed E-state index contributed by atoms with van der Waals surface area (Å²) in [6.45, 7) is 4.29. The van der Waals surface area contributed by atoms with Gasteiger partial charge in [0.05, 0.1) is 0 Å². The molecule has 1 rings (SSSR count). The maximum absolute atomic E-state index is 9.85. The van der Waals surface area contributed by atoms with Crippen LogP contribution in [0.3, 0.4) is 0 Å². The summed E-state index contributed by atoms with van der Waals surface area (Å²) < 4.78 is 0. The fourth-order valence-corrected chi connectivity index (χ4v) is 1.90. The molecular formula is C14H22O2. The van der Waals surface area contributed by atoms with Gasteiger partial charge in [-0.05, 0) is 37.3 Å². The Labute approximate surface area is 97.9 Å². The smallest absolute Gasteiger partial charge is 0.160 e. The van der Waals surface area contributed by atoms with Crippen LogP contribution in [0.4, 0.5) is 0 Å². The van der Waals surface area contributed by atoms with Crippen molar-refractivity contribution in [2.75, 3.05) is 0 Å². The van der Waals surface area contributed by atoms with Gasteiger partial charge >= 0.3 is 0 Å². The monoisotopic (exact) mass is 222 g/mol. The zero-order valence-corrected chi connectivity index (χ0v) is 10.3. The Hall–Kier alpha value is -1.18. The minimum absolute atomic E-state index is 0.00588. The Morgan fingerprint density at radius 2 is 1.56 bits per heavy atom. The molecule has 16 heavy (non-hydrogen) atoms. The average Bonchev–Trinajstić information content (AvgIpc) is 2.29. The van der Waals surface area contributed by atoms with Crippen LogP contribution < -0.4 is 0 Å². The molecule has 0 atom stereocenters. The first-order valence-electron chi connectivity index (χ1n) is 6.23. The number of hydrogen-bond donors (Lipinski definition) is 2. The van der Waals surface area contributed by atoms with Gasteiger partial charge in [0.25, 0.3) is 0 Å². The summed E-state index contributed by atoms with van der Waals surface area (Å²) in [6, 6.07) is 3.53. The van der Waals surface area contributed by atoms with Gasteiger partial charge in [-0.25, -0.2) is 0 Å². The molecule has 0 fully saturated rings. The largest absolute Gasteiger partial charge is 0.504 e. The van der Waals surface area contributed by atoms with Gasteiger partial charge in [0.2, 0.25) is 0 Å². The van der Waals surface area contributed by atoms with Crippen molar-refractivity contribution < 1.29 is 10.2 Å². The second-order valence-corrected chi connectivity index (χ2v) is 4.28. The highest BCUT2D eigenvalue weighted by Gasteiger charge is 2.11. The predicted octanol–water partition coefficient (Wildman–Crippen LogP) is 3.78. The van der Waals surface area contributed by atoms with Crippen LogP contribution in [0, 0.1) is 0 Å². The van der Waals surface area contributed by atoms with Gasteiger partial charge in [0.1, 0.15) is 0 Å². The molecule has 0 aliphatic heterocycles. The maximum Gasteiger partial charge on any atom is 0.160 e. The third kappa shape index (κ3) is 3.16. The van der Waals surface area contributed by atoms with Gasteiger partial charge in [-0.2, -0.15) is 0 Å². The van der Waals surface area contributed by atoms with Crippen LogP contribution in [0.1, 0.15) is 50.7 Å². The number of unbranched alkanes of at least 4 members (excludes halogenated alkanes) is 2. The van der Waals surface area contributed by atoms with Crippen molar-refractivity contribution >= 4 is 0 Å². The van der Waals surface area contributed by atoms with Crippen molar-refractivity contribution in [1.82, 2.24) is 0 Å². The number of hydrogen-bond acceptors (Lipinski definition) is 2. The molecular weight excluding hydrogens is 200 g/mol. The molecule has 2 heteroatoms. The van der Waals surface area contributed by atoms with E-state index in [1.165, 1.54) is 5.56 Å². The van der Waals surface area contributed by atoms with Crippen LogP contribution in [-0.2, 0) is 12.8 Å². The van der Waals surface area contributed by atoms with Crippen LogP contribution in [0.2, 0.25) is 0 Å². The van der Waals surface area contributed by atoms with E-state index in [2.05, 4.69) is 13.8 Å². The molecule has 90 valence electrons. The van der Waals surface area contributed by atoms with Gasteiger partial charge < -0.3 is 10.2 Å². The lowest BCUT2D eigenvalue weighted by molar-refractivity contribution is 0.398. The molecule has 0 radical (unpaired) electrons. The van der Waals surface area contributed by atoms with E-state index in [0.29, 0.717) is 0 Å². The second kappa shape index (κ2) is 6.41. The van der Waals surface area contributed by atoms with Crippen molar-refractivity contribution in [1.29, 1.82) is 0 Å². The highest BCUT2D eigenvalue weighted by Crippen LogP contribution is 2.33. The van der Waals surface area contributed by atoms with Crippen LogP contribution in [0.25, 0.3) is 0 Å². The van der Waals surface area contributed by atoms with Gasteiger partial charge in [-0.15, -0.1) is 0 Å². The standard InChI is InChI=1S/C14H22O2/c1-3-5-7-11-9-10-13(15)14(16)12(11)8-6-4-2/h9-10,15-16H,3-8H2,1-2H3. The summed E-state index contributed by atoms with van der Waals surface area (Å²) in [7, 11) is 0. The van der Waals surface area contributed by atoms with E-state index in [0.717, 1.165) is 44.1 Å². The Morgan fingerprint density at radius 3 is 2.19 bits per heavy atom. The molecule has 1 aromatic rings. The number of rotatable bonds is 6. The molecule has 0 bridgehead atoms. The van der Waals surface area contributed by atoms with E-state index in [1.807, 2.05) is 6.07 Å². The lowest BCUT2D eigenvalue weighted by Crippen LogP contribution is -1.96. The number of aryl methyl sites for hydroxylation is 1.